The van der Waals surface area contributed by atoms with Crippen LogP contribution in [0.3, 0.4) is 0 Å². The van der Waals surface area contributed by atoms with Gasteiger partial charge in [-0.1, -0.05) is 36.4 Å². The van der Waals surface area contributed by atoms with Gasteiger partial charge in [-0.25, -0.2) is 9.78 Å². The molecule has 1 saturated heterocycles. The molecule has 2 heterocycles. The second kappa shape index (κ2) is 10.0. The van der Waals surface area contributed by atoms with E-state index in [0.29, 0.717) is 18.9 Å². The maximum Gasteiger partial charge on any atom is 0.319 e. The van der Waals surface area contributed by atoms with E-state index in [4.69, 9.17) is 9.15 Å². The van der Waals surface area contributed by atoms with Crippen LogP contribution >= 0.6 is 0 Å². The Bertz CT molecular complexity index is 952. The first-order valence-electron chi connectivity index (χ1n) is 10.2. The summed E-state index contributed by atoms with van der Waals surface area (Å²) in [6.07, 6.45) is 2.23. The van der Waals surface area contributed by atoms with Gasteiger partial charge in [0, 0.05) is 43.9 Å². The molecular formula is C23H26N4O3. The summed E-state index contributed by atoms with van der Waals surface area (Å²) >= 11 is 0. The van der Waals surface area contributed by atoms with Gasteiger partial charge in [-0.15, -0.1) is 0 Å². The zero-order valence-electron chi connectivity index (χ0n) is 16.8. The molecule has 4 rings (SSSR count). The van der Waals surface area contributed by atoms with Crippen LogP contribution < -0.4 is 10.6 Å². The van der Waals surface area contributed by atoms with E-state index in [9.17, 15) is 4.79 Å². The van der Waals surface area contributed by atoms with Crippen LogP contribution in [0.15, 0.2) is 65.3 Å². The molecule has 0 radical (unpaired) electrons. The van der Waals surface area contributed by atoms with Crippen molar-refractivity contribution < 1.29 is 13.9 Å². The fourth-order valence-electron chi connectivity index (χ4n) is 3.39. The highest BCUT2D eigenvalue weighted by molar-refractivity contribution is 5.90. The zero-order valence-corrected chi connectivity index (χ0v) is 16.8. The number of aromatic nitrogens is 1. The van der Waals surface area contributed by atoms with Crippen LogP contribution in [0.5, 0.6) is 0 Å². The van der Waals surface area contributed by atoms with Crippen molar-refractivity contribution in [2.45, 2.75) is 13.0 Å². The van der Waals surface area contributed by atoms with Crippen molar-refractivity contribution in [3.63, 3.8) is 0 Å². The van der Waals surface area contributed by atoms with E-state index < -0.39 is 0 Å². The van der Waals surface area contributed by atoms with Gasteiger partial charge in [-0.3, -0.25) is 4.90 Å². The number of hydrogen-bond donors (Lipinski definition) is 2. The lowest BCUT2D eigenvalue weighted by atomic mass is 10.1. The van der Waals surface area contributed by atoms with Gasteiger partial charge in [-0.2, -0.15) is 0 Å². The Kier molecular flexibility index (Phi) is 6.74. The minimum Gasteiger partial charge on any atom is -0.444 e. The molecule has 7 heteroatoms. The number of hydrogen-bond acceptors (Lipinski definition) is 5. The lowest BCUT2D eigenvalue weighted by molar-refractivity contribution is 0.0343. The van der Waals surface area contributed by atoms with Gasteiger partial charge in [0.25, 0.3) is 0 Å². The normalized spacial score (nSPS) is 14.4. The lowest BCUT2D eigenvalue weighted by Crippen LogP contribution is -2.36. The van der Waals surface area contributed by atoms with Crippen LogP contribution in [-0.2, 0) is 17.7 Å². The third-order valence-corrected chi connectivity index (χ3v) is 5.00. The summed E-state index contributed by atoms with van der Waals surface area (Å²) in [4.78, 5) is 19.2. The van der Waals surface area contributed by atoms with Gasteiger partial charge in [0.1, 0.15) is 6.26 Å². The molecule has 0 spiro atoms. The number of nitrogens with one attached hydrogen (secondary N) is 2. The number of rotatable bonds is 7. The molecule has 1 aliphatic heterocycles. The smallest absolute Gasteiger partial charge is 0.319 e. The summed E-state index contributed by atoms with van der Waals surface area (Å²) in [5.74, 6) is 0.590. The fraction of sp³-hybridized carbons (Fsp3) is 0.304. The second-order valence-electron chi connectivity index (χ2n) is 7.19. The van der Waals surface area contributed by atoms with Crippen LogP contribution in [0, 0.1) is 0 Å². The van der Waals surface area contributed by atoms with Crippen molar-refractivity contribution in [1.82, 2.24) is 15.2 Å². The van der Waals surface area contributed by atoms with E-state index >= 15 is 0 Å². The van der Waals surface area contributed by atoms with Gasteiger partial charge < -0.3 is 19.8 Å². The van der Waals surface area contributed by atoms with Crippen molar-refractivity contribution >= 4 is 11.7 Å². The molecule has 2 amide bonds. The molecule has 7 nitrogen and oxygen atoms in total. The summed E-state index contributed by atoms with van der Waals surface area (Å²) in [5.41, 5.74) is 3.67. The number of urea groups is 1. The van der Waals surface area contributed by atoms with Crippen molar-refractivity contribution in [2.24, 2.45) is 0 Å². The van der Waals surface area contributed by atoms with Crippen molar-refractivity contribution in [1.29, 1.82) is 0 Å². The van der Waals surface area contributed by atoms with E-state index in [1.807, 2.05) is 54.6 Å². The highest BCUT2D eigenvalue weighted by Crippen LogP contribution is 2.19. The summed E-state index contributed by atoms with van der Waals surface area (Å²) in [5, 5.41) is 5.86. The number of nitrogens with zero attached hydrogens (tertiary/aromatic N) is 2. The van der Waals surface area contributed by atoms with Gasteiger partial charge in [-0.05, 0) is 23.8 Å². The average Bonchev–Trinajstić information content (AvgIpc) is 3.25. The highest BCUT2D eigenvalue weighted by Gasteiger charge is 2.14. The molecule has 30 heavy (non-hydrogen) atoms. The number of anilines is 1. The van der Waals surface area contributed by atoms with E-state index in [1.54, 1.807) is 6.26 Å². The Morgan fingerprint density at radius 3 is 2.63 bits per heavy atom. The molecule has 0 aliphatic carbocycles. The van der Waals surface area contributed by atoms with Gasteiger partial charge in [0.05, 0.1) is 18.9 Å². The minimum absolute atomic E-state index is 0.226. The molecule has 2 aromatic carbocycles. The molecule has 3 aromatic rings. The minimum atomic E-state index is -0.226. The van der Waals surface area contributed by atoms with Crippen LogP contribution in [0.1, 0.15) is 11.3 Å². The molecule has 1 fully saturated rings. The molecule has 156 valence electrons. The number of amides is 2. The molecular weight excluding hydrogens is 380 g/mol. The molecule has 0 bridgehead atoms. The third kappa shape index (κ3) is 5.46. The lowest BCUT2D eigenvalue weighted by Gasteiger charge is -2.27. The largest absolute Gasteiger partial charge is 0.444 e. The van der Waals surface area contributed by atoms with Crippen molar-refractivity contribution in [3.8, 4) is 11.5 Å². The van der Waals surface area contributed by atoms with Gasteiger partial charge in [0.2, 0.25) is 5.89 Å². The number of benzene rings is 2. The molecule has 0 unspecified atom stereocenters. The third-order valence-electron chi connectivity index (χ3n) is 5.00. The Morgan fingerprint density at radius 2 is 1.80 bits per heavy atom. The number of carbonyl (C=O) groups is 1. The molecule has 0 saturated carbocycles. The van der Waals surface area contributed by atoms with E-state index in [1.165, 1.54) is 0 Å². The Labute approximate surface area is 176 Å². The predicted molar refractivity (Wildman–Crippen MR) is 115 cm³/mol. The molecule has 1 aromatic heterocycles. The Balaban J connectivity index is 1.27. The van der Waals surface area contributed by atoms with E-state index in [0.717, 1.165) is 55.4 Å². The predicted octanol–water partition coefficient (Wildman–Crippen LogP) is 3.54. The Hall–Kier alpha value is -3.16. The first-order valence-corrected chi connectivity index (χ1v) is 10.2. The Morgan fingerprint density at radius 1 is 1.03 bits per heavy atom. The standard InChI is InChI=1S/C23H26N4O3/c28-23(24-11-10-20-17-30-22(25-20)18-6-2-1-3-7-18)26-21-9-5-4-8-19(21)16-27-12-14-29-15-13-27/h1-9,17H,10-16H2,(H2,24,26,28). The second-order valence-corrected chi connectivity index (χ2v) is 7.19. The average molecular weight is 406 g/mol. The number of para-hydroxylation sites is 1. The van der Waals surface area contributed by atoms with E-state index in [2.05, 4.69) is 20.5 Å². The molecule has 2 N–H and O–H groups in total. The van der Waals surface area contributed by atoms with Crippen LogP contribution in [0.2, 0.25) is 0 Å². The fourth-order valence-corrected chi connectivity index (χ4v) is 3.39. The first kappa shape index (κ1) is 20.1. The monoisotopic (exact) mass is 406 g/mol. The highest BCUT2D eigenvalue weighted by atomic mass is 16.5. The quantitative estimate of drug-likeness (QED) is 0.627. The first-order chi connectivity index (χ1) is 14.8. The van der Waals surface area contributed by atoms with Crippen LogP contribution in [0.4, 0.5) is 10.5 Å². The molecule has 1 aliphatic rings. The van der Waals surface area contributed by atoms with Crippen molar-refractivity contribution in [3.05, 3.63) is 72.1 Å². The number of ether oxygens (including phenoxy) is 1. The summed E-state index contributed by atoms with van der Waals surface area (Å²) in [6.45, 7) is 4.58. The number of carbonyl (C=O) groups excluding carboxylic acids is 1. The maximum atomic E-state index is 12.4. The van der Waals surface area contributed by atoms with Gasteiger partial charge in [0.15, 0.2) is 0 Å². The SMILES string of the molecule is O=C(NCCc1coc(-c2ccccc2)n1)Nc1ccccc1CN1CCOCC1. The zero-order chi connectivity index (χ0) is 20.6. The summed E-state index contributed by atoms with van der Waals surface area (Å²) < 4.78 is 10.9. The molecule has 0 atom stereocenters. The summed E-state index contributed by atoms with van der Waals surface area (Å²) in [7, 11) is 0. The van der Waals surface area contributed by atoms with Crippen molar-refractivity contribution in [2.75, 3.05) is 38.2 Å². The number of morpholine rings is 1. The topological polar surface area (TPSA) is 79.6 Å². The van der Waals surface area contributed by atoms with Gasteiger partial charge >= 0.3 is 6.03 Å². The number of oxazole rings is 1. The van der Waals surface area contributed by atoms with Crippen LogP contribution in [-0.4, -0.2) is 48.8 Å². The summed E-state index contributed by atoms with van der Waals surface area (Å²) in [6, 6.07) is 17.4. The maximum absolute atomic E-state index is 12.4. The van der Waals surface area contributed by atoms with E-state index in [-0.39, 0.29) is 6.03 Å². The van der Waals surface area contributed by atoms with Crippen LogP contribution in [0.25, 0.3) is 11.5 Å².